The number of nitrogens with one attached hydrogen (secondary N) is 1. The maximum absolute atomic E-state index is 11.8. The molecule has 6 heteroatoms. The van der Waals surface area contributed by atoms with E-state index in [4.69, 9.17) is 10.00 Å². The van der Waals surface area contributed by atoms with Gasteiger partial charge in [0.05, 0.1) is 7.11 Å². The second-order valence-corrected chi connectivity index (χ2v) is 4.08. The highest BCUT2D eigenvalue weighted by Crippen LogP contribution is 2.19. The van der Waals surface area contributed by atoms with Crippen LogP contribution in [0.4, 0.5) is 5.95 Å². The van der Waals surface area contributed by atoms with Crippen LogP contribution >= 0.6 is 0 Å². The van der Waals surface area contributed by atoms with Crippen molar-refractivity contribution >= 4 is 11.9 Å². The van der Waals surface area contributed by atoms with E-state index in [0.29, 0.717) is 6.42 Å². The zero-order valence-electron chi connectivity index (χ0n) is 10.7. The molecule has 6 nitrogen and oxygen atoms in total. The third kappa shape index (κ3) is 3.17. The minimum atomic E-state index is -0.891. The van der Waals surface area contributed by atoms with Gasteiger partial charge in [-0.25, -0.2) is 14.8 Å². The number of nitriles is 1. The van der Waals surface area contributed by atoms with E-state index in [1.165, 1.54) is 19.4 Å². The summed E-state index contributed by atoms with van der Waals surface area (Å²) in [7, 11) is 1.34. The van der Waals surface area contributed by atoms with Gasteiger partial charge in [0.25, 0.3) is 0 Å². The summed E-state index contributed by atoms with van der Waals surface area (Å²) in [5, 5.41) is 11.7. The van der Waals surface area contributed by atoms with Gasteiger partial charge in [0.1, 0.15) is 17.3 Å². The number of aromatic nitrogens is 2. The van der Waals surface area contributed by atoms with Gasteiger partial charge in [0.15, 0.2) is 0 Å². The molecule has 1 aromatic heterocycles. The van der Waals surface area contributed by atoms with E-state index in [0.717, 1.165) is 6.42 Å². The van der Waals surface area contributed by atoms with Crippen molar-refractivity contribution in [3.8, 4) is 6.07 Å². The molecule has 1 heterocycles. The van der Waals surface area contributed by atoms with Gasteiger partial charge >= 0.3 is 5.97 Å². The van der Waals surface area contributed by atoms with Crippen LogP contribution in [0, 0.1) is 11.3 Å². The van der Waals surface area contributed by atoms with Crippen LogP contribution in [-0.4, -0.2) is 28.6 Å². The Labute approximate surface area is 106 Å². The smallest absolute Gasteiger partial charge is 0.331 e. The third-order valence-electron chi connectivity index (χ3n) is 2.54. The van der Waals surface area contributed by atoms with Crippen LogP contribution in [0.1, 0.15) is 32.4 Å². The molecule has 18 heavy (non-hydrogen) atoms. The lowest BCUT2D eigenvalue weighted by Gasteiger charge is -2.27. The van der Waals surface area contributed by atoms with Crippen molar-refractivity contribution in [2.45, 2.75) is 32.2 Å². The zero-order valence-corrected chi connectivity index (χ0v) is 10.7. The van der Waals surface area contributed by atoms with Crippen molar-refractivity contribution in [2.24, 2.45) is 0 Å². The van der Waals surface area contributed by atoms with Gasteiger partial charge in [0, 0.05) is 6.20 Å². The monoisotopic (exact) mass is 248 g/mol. The standard InChI is InChI=1S/C12H16N4O2/c1-4-6-12(2,10(17)18-3)16-11-14-7-5-9(8-13)15-11/h5,7H,4,6H2,1-3H3,(H,14,15,16). The molecule has 0 fully saturated rings. The van der Waals surface area contributed by atoms with E-state index in [-0.39, 0.29) is 17.6 Å². The van der Waals surface area contributed by atoms with Crippen molar-refractivity contribution in [2.75, 3.05) is 12.4 Å². The Morgan fingerprint density at radius 1 is 1.67 bits per heavy atom. The first-order valence-electron chi connectivity index (χ1n) is 5.65. The highest BCUT2D eigenvalue weighted by molar-refractivity contribution is 5.83. The molecule has 0 aliphatic heterocycles. The Balaban J connectivity index is 2.96. The average molecular weight is 248 g/mol. The molecule has 96 valence electrons. The van der Waals surface area contributed by atoms with Crippen molar-refractivity contribution in [1.29, 1.82) is 5.26 Å². The SMILES string of the molecule is CCCC(C)(Nc1nccc(C#N)n1)C(=O)OC. The van der Waals surface area contributed by atoms with E-state index in [9.17, 15) is 4.79 Å². The molecule has 0 amide bonds. The van der Waals surface area contributed by atoms with Crippen LogP contribution in [0.5, 0.6) is 0 Å². The van der Waals surface area contributed by atoms with Crippen molar-refractivity contribution in [1.82, 2.24) is 9.97 Å². The molecule has 1 atom stereocenters. The van der Waals surface area contributed by atoms with Gasteiger partial charge in [-0.3, -0.25) is 0 Å². The predicted octanol–water partition coefficient (Wildman–Crippen LogP) is 1.49. The van der Waals surface area contributed by atoms with Crippen molar-refractivity contribution in [3.05, 3.63) is 18.0 Å². The Hall–Kier alpha value is -2.16. The van der Waals surface area contributed by atoms with E-state index in [1.54, 1.807) is 6.92 Å². The largest absolute Gasteiger partial charge is 0.467 e. The first-order chi connectivity index (χ1) is 8.55. The number of hydrogen-bond acceptors (Lipinski definition) is 6. The quantitative estimate of drug-likeness (QED) is 0.794. The van der Waals surface area contributed by atoms with E-state index < -0.39 is 5.54 Å². The van der Waals surface area contributed by atoms with Crippen LogP contribution in [-0.2, 0) is 9.53 Å². The molecule has 0 spiro atoms. The molecule has 0 aromatic carbocycles. The highest BCUT2D eigenvalue weighted by Gasteiger charge is 2.34. The van der Waals surface area contributed by atoms with E-state index in [1.807, 2.05) is 13.0 Å². The van der Waals surface area contributed by atoms with E-state index >= 15 is 0 Å². The fourth-order valence-electron chi connectivity index (χ4n) is 1.67. The molecule has 0 aliphatic carbocycles. The van der Waals surface area contributed by atoms with Crippen molar-refractivity contribution in [3.63, 3.8) is 0 Å². The minimum Gasteiger partial charge on any atom is -0.467 e. The number of rotatable bonds is 5. The summed E-state index contributed by atoms with van der Waals surface area (Å²) in [5.74, 6) is -0.134. The molecule has 0 saturated heterocycles. The molecule has 1 aromatic rings. The predicted molar refractivity (Wildman–Crippen MR) is 65.7 cm³/mol. The molecular weight excluding hydrogens is 232 g/mol. The lowest BCUT2D eigenvalue weighted by atomic mass is 9.96. The Morgan fingerprint density at radius 3 is 2.94 bits per heavy atom. The lowest BCUT2D eigenvalue weighted by molar-refractivity contribution is -0.145. The second kappa shape index (κ2) is 5.96. The molecule has 1 unspecified atom stereocenters. The number of esters is 1. The summed E-state index contributed by atoms with van der Waals surface area (Å²) in [4.78, 5) is 19.8. The molecular formula is C12H16N4O2. The van der Waals surface area contributed by atoms with Gasteiger partial charge in [-0.1, -0.05) is 13.3 Å². The number of ether oxygens (including phenoxy) is 1. The molecule has 0 radical (unpaired) electrons. The first kappa shape index (κ1) is 13.9. The number of hydrogen-bond donors (Lipinski definition) is 1. The second-order valence-electron chi connectivity index (χ2n) is 4.08. The molecule has 0 bridgehead atoms. The Kier molecular flexibility index (Phi) is 4.60. The number of carbonyl (C=O) groups is 1. The van der Waals surface area contributed by atoms with Gasteiger partial charge in [-0.05, 0) is 19.4 Å². The first-order valence-corrected chi connectivity index (χ1v) is 5.65. The van der Waals surface area contributed by atoms with Crippen LogP contribution in [0.25, 0.3) is 0 Å². The number of nitrogens with zero attached hydrogens (tertiary/aromatic N) is 3. The summed E-state index contributed by atoms with van der Waals surface area (Å²) in [6, 6.07) is 3.42. The zero-order chi connectivity index (χ0) is 13.6. The van der Waals surface area contributed by atoms with Crippen LogP contribution in [0.15, 0.2) is 12.3 Å². The number of methoxy groups -OCH3 is 1. The normalized spacial score (nSPS) is 13.2. The lowest BCUT2D eigenvalue weighted by Crippen LogP contribution is -2.44. The van der Waals surface area contributed by atoms with E-state index in [2.05, 4.69) is 15.3 Å². The Bertz CT molecular complexity index is 469. The molecule has 1 N–H and O–H groups in total. The van der Waals surface area contributed by atoms with Crippen molar-refractivity contribution < 1.29 is 9.53 Å². The van der Waals surface area contributed by atoms with Gasteiger partial charge in [0.2, 0.25) is 5.95 Å². The fraction of sp³-hybridized carbons (Fsp3) is 0.500. The summed E-state index contributed by atoms with van der Waals surface area (Å²) in [5.41, 5.74) is -0.645. The number of anilines is 1. The van der Waals surface area contributed by atoms with Gasteiger partial charge in [-0.2, -0.15) is 5.26 Å². The van der Waals surface area contributed by atoms with Gasteiger partial charge < -0.3 is 10.1 Å². The van der Waals surface area contributed by atoms with Crippen LogP contribution in [0.3, 0.4) is 0 Å². The maximum atomic E-state index is 11.8. The van der Waals surface area contributed by atoms with Crippen LogP contribution in [0.2, 0.25) is 0 Å². The third-order valence-corrected chi connectivity index (χ3v) is 2.54. The molecule has 1 rings (SSSR count). The minimum absolute atomic E-state index is 0.246. The van der Waals surface area contributed by atoms with Crippen LogP contribution < -0.4 is 5.32 Å². The maximum Gasteiger partial charge on any atom is 0.331 e. The molecule has 0 aliphatic rings. The topological polar surface area (TPSA) is 87.9 Å². The molecule has 0 saturated carbocycles. The average Bonchev–Trinajstić information content (AvgIpc) is 2.38. The number of carbonyl (C=O) groups excluding carboxylic acids is 1. The highest BCUT2D eigenvalue weighted by atomic mass is 16.5. The van der Waals surface area contributed by atoms with Gasteiger partial charge in [-0.15, -0.1) is 0 Å². The summed E-state index contributed by atoms with van der Waals surface area (Å²) >= 11 is 0. The summed E-state index contributed by atoms with van der Waals surface area (Å²) < 4.78 is 4.77. The summed E-state index contributed by atoms with van der Waals surface area (Å²) in [6.07, 6.45) is 2.86. The summed E-state index contributed by atoms with van der Waals surface area (Å²) in [6.45, 7) is 3.69. The fourth-order valence-corrected chi connectivity index (χ4v) is 1.67. The Morgan fingerprint density at radius 2 is 2.39 bits per heavy atom.